The molecule has 3 atom stereocenters. The molecule has 1 N–H and O–H groups in total. The number of carbonyl (C=O) groups excluding carboxylic acids is 1. The Morgan fingerprint density at radius 3 is 2.40 bits per heavy atom. The van der Waals surface area contributed by atoms with Crippen molar-refractivity contribution in [1.29, 1.82) is 0 Å². The first-order valence-corrected chi connectivity index (χ1v) is 7.44. The maximum absolute atomic E-state index is 12.2. The second kappa shape index (κ2) is 4.12. The minimum atomic E-state index is -0.908. The van der Waals surface area contributed by atoms with E-state index in [1.807, 2.05) is 0 Å². The Labute approximate surface area is 119 Å². The zero-order valence-electron chi connectivity index (χ0n) is 12.4. The normalized spacial score (nSPS) is 36.2. The summed E-state index contributed by atoms with van der Waals surface area (Å²) in [5.41, 5.74) is -0.517. The Balaban J connectivity index is 1.72. The standard InChI is InChI=1S/C15H23NO4/c1-14(2,3)20-13(19)16-8-15(7-11(16)12(17)18)6-10(15)9-4-5-9/h9-11H,4-8H2,1-3H3,(H,17,18)/t10?,11-,15+/m0/s1. The smallest absolute Gasteiger partial charge is 0.411 e. The molecule has 0 aromatic heterocycles. The molecule has 3 aliphatic rings. The number of aliphatic carboxylic acids is 1. The van der Waals surface area contributed by atoms with Crippen molar-refractivity contribution in [1.82, 2.24) is 4.90 Å². The molecule has 0 bridgehead atoms. The van der Waals surface area contributed by atoms with Crippen LogP contribution in [0.5, 0.6) is 0 Å². The number of nitrogens with zero attached hydrogens (tertiary/aromatic N) is 1. The summed E-state index contributed by atoms with van der Waals surface area (Å²) in [7, 11) is 0. The number of likely N-dealkylation sites (tertiary alicyclic amines) is 1. The number of rotatable bonds is 2. The van der Waals surface area contributed by atoms with Crippen molar-refractivity contribution in [3.8, 4) is 0 Å². The first-order valence-electron chi connectivity index (χ1n) is 7.44. The van der Waals surface area contributed by atoms with Crippen LogP contribution in [0.3, 0.4) is 0 Å². The van der Waals surface area contributed by atoms with Crippen LogP contribution in [0.25, 0.3) is 0 Å². The monoisotopic (exact) mass is 281 g/mol. The first kappa shape index (κ1) is 13.7. The Morgan fingerprint density at radius 2 is 1.90 bits per heavy atom. The predicted octanol–water partition coefficient (Wildman–Crippen LogP) is 2.50. The third kappa shape index (κ3) is 2.38. The van der Waals surface area contributed by atoms with Crippen LogP contribution in [0.15, 0.2) is 0 Å². The summed E-state index contributed by atoms with van der Waals surface area (Å²) in [6.45, 7) is 5.96. The van der Waals surface area contributed by atoms with Crippen LogP contribution in [0.1, 0.15) is 46.5 Å². The van der Waals surface area contributed by atoms with Crippen LogP contribution >= 0.6 is 0 Å². The molecule has 2 saturated carbocycles. The predicted molar refractivity (Wildman–Crippen MR) is 72.2 cm³/mol. The average molecular weight is 281 g/mol. The second-order valence-corrected chi connectivity index (χ2v) is 7.68. The van der Waals surface area contributed by atoms with Crippen molar-refractivity contribution in [2.24, 2.45) is 17.3 Å². The van der Waals surface area contributed by atoms with Crippen LogP contribution in [0.4, 0.5) is 4.79 Å². The Hall–Kier alpha value is -1.26. The van der Waals surface area contributed by atoms with E-state index in [0.29, 0.717) is 18.9 Å². The van der Waals surface area contributed by atoms with Gasteiger partial charge in [0, 0.05) is 6.54 Å². The SMILES string of the molecule is CC(C)(C)OC(=O)N1C[C@@]2(CC2C2CC2)C[C@H]1C(=O)O. The van der Waals surface area contributed by atoms with Crippen LogP contribution in [-0.4, -0.2) is 40.3 Å². The van der Waals surface area contributed by atoms with Gasteiger partial charge in [0.2, 0.25) is 0 Å². The topological polar surface area (TPSA) is 66.8 Å². The minimum absolute atomic E-state index is 0.0706. The van der Waals surface area contributed by atoms with Crippen LogP contribution in [-0.2, 0) is 9.53 Å². The molecule has 1 heterocycles. The summed E-state index contributed by atoms with van der Waals surface area (Å²) in [6.07, 6.45) is 3.75. The molecule has 5 heteroatoms. The van der Waals surface area contributed by atoms with Crippen LogP contribution in [0, 0.1) is 17.3 Å². The van der Waals surface area contributed by atoms with Gasteiger partial charge in [-0.05, 0) is 63.7 Å². The third-order valence-electron chi connectivity index (χ3n) is 4.82. The fourth-order valence-electron chi connectivity index (χ4n) is 3.70. The van der Waals surface area contributed by atoms with E-state index >= 15 is 0 Å². The van der Waals surface area contributed by atoms with E-state index in [-0.39, 0.29) is 5.41 Å². The van der Waals surface area contributed by atoms with Crippen molar-refractivity contribution in [3.63, 3.8) is 0 Å². The molecule has 0 aromatic carbocycles. The maximum Gasteiger partial charge on any atom is 0.411 e. The number of hydrogen-bond acceptors (Lipinski definition) is 3. The van der Waals surface area contributed by atoms with Gasteiger partial charge in [0.15, 0.2) is 0 Å². The Morgan fingerprint density at radius 1 is 1.25 bits per heavy atom. The number of carboxylic acid groups (broad SMARTS) is 1. The summed E-state index contributed by atoms with van der Waals surface area (Å²) in [5.74, 6) is 0.508. The number of amides is 1. The van der Waals surface area contributed by atoms with Crippen molar-refractivity contribution in [2.75, 3.05) is 6.54 Å². The number of ether oxygens (including phenoxy) is 1. The molecule has 112 valence electrons. The van der Waals surface area contributed by atoms with Gasteiger partial charge in [0.1, 0.15) is 11.6 Å². The molecule has 3 fully saturated rings. The molecule has 2 aliphatic carbocycles. The van der Waals surface area contributed by atoms with E-state index in [1.54, 1.807) is 20.8 Å². The highest BCUT2D eigenvalue weighted by molar-refractivity contribution is 5.81. The lowest BCUT2D eigenvalue weighted by atomic mass is 9.98. The molecule has 0 radical (unpaired) electrons. The molecular weight excluding hydrogens is 258 g/mol. The number of carbonyl (C=O) groups is 2. The van der Waals surface area contributed by atoms with Gasteiger partial charge in [-0.25, -0.2) is 9.59 Å². The van der Waals surface area contributed by atoms with E-state index in [1.165, 1.54) is 17.7 Å². The van der Waals surface area contributed by atoms with Crippen LogP contribution in [0.2, 0.25) is 0 Å². The fourth-order valence-corrected chi connectivity index (χ4v) is 3.70. The third-order valence-corrected chi connectivity index (χ3v) is 4.82. The van der Waals surface area contributed by atoms with Gasteiger partial charge in [-0.1, -0.05) is 0 Å². The molecular formula is C15H23NO4. The molecule has 0 aromatic rings. The molecule has 20 heavy (non-hydrogen) atoms. The van der Waals surface area contributed by atoms with Crippen molar-refractivity contribution < 1.29 is 19.4 Å². The fraction of sp³-hybridized carbons (Fsp3) is 0.867. The van der Waals surface area contributed by atoms with Crippen molar-refractivity contribution in [3.05, 3.63) is 0 Å². The van der Waals surface area contributed by atoms with E-state index in [0.717, 1.165) is 12.3 Å². The van der Waals surface area contributed by atoms with Gasteiger partial charge < -0.3 is 9.84 Å². The van der Waals surface area contributed by atoms with Crippen LogP contribution < -0.4 is 0 Å². The second-order valence-electron chi connectivity index (χ2n) is 7.68. The number of carboxylic acids is 1. The van der Waals surface area contributed by atoms with Crippen molar-refractivity contribution in [2.45, 2.75) is 58.1 Å². The minimum Gasteiger partial charge on any atom is -0.480 e. The summed E-state index contributed by atoms with van der Waals surface area (Å²) < 4.78 is 5.36. The van der Waals surface area contributed by atoms with Gasteiger partial charge in [-0.2, -0.15) is 0 Å². The summed E-state index contributed by atoms with van der Waals surface area (Å²) in [4.78, 5) is 25.1. The lowest BCUT2D eigenvalue weighted by molar-refractivity contribution is -0.142. The Bertz CT molecular complexity index is 451. The highest BCUT2D eigenvalue weighted by Gasteiger charge is 2.66. The molecule has 1 unspecified atom stereocenters. The Kier molecular flexibility index (Phi) is 2.82. The lowest BCUT2D eigenvalue weighted by Crippen LogP contribution is -2.43. The molecule has 1 spiro atoms. The highest BCUT2D eigenvalue weighted by atomic mass is 16.6. The maximum atomic E-state index is 12.2. The summed E-state index contributed by atoms with van der Waals surface area (Å²) in [5, 5.41) is 9.38. The zero-order valence-corrected chi connectivity index (χ0v) is 12.4. The quantitative estimate of drug-likeness (QED) is 0.844. The molecule has 5 nitrogen and oxygen atoms in total. The summed E-state index contributed by atoms with van der Waals surface area (Å²) in [6, 6.07) is -0.714. The molecule has 1 amide bonds. The molecule has 1 saturated heterocycles. The first-order chi connectivity index (χ1) is 9.22. The van der Waals surface area contributed by atoms with Gasteiger partial charge in [-0.15, -0.1) is 0 Å². The highest BCUT2D eigenvalue weighted by Crippen LogP contribution is 2.67. The molecule has 1 aliphatic heterocycles. The zero-order chi connectivity index (χ0) is 14.7. The number of hydrogen-bond donors (Lipinski definition) is 1. The van der Waals surface area contributed by atoms with E-state index in [9.17, 15) is 14.7 Å². The van der Waals surface area contributed by atoms with E-state index in [4.69, 9.17) is 4.74 Å². The van der Waals surface area contributed by atoms with Gasteiger partial charge in [0.25, 0.3) is 0 Å². The van der Waals surface area contributed by atoms with Gasteiger partial charge >= 0.3 is 12.1 Å². The summed E-state index contributed by atoms with van der Waals surface area (Å²) >= 11 is 0. The van der Waals surface area contributed by atoms with Crippen molar-refractivity contribution >= 4 is 12.1 Å². The largest absolute Gasteiger partial charge is 0.480 e. The van der Waals surface area contributed by atoms with E-state index < -0.39 is 23.7 Å². The van der Waals surface area contributed by atoms with Gasteiger partial charge in [-0.3, -0.25) is 4.90 Å². The average Bonchev–Trinajstić information content (AvgIpc) is 3.13. The lowest BCUT2D eigenvalue weighted by Gasteiger charge is -2.26. The van der Waals surface area contributed by atoms with Gasteiger partial charge in [0.05, 0.1) is 0 Å². The molecule has 3 rings (SSSR count). The van der Waals surface area contributed by atoms with E-state index in [2.05, 4.69) is 0 Å².